The van der Waals surface area contributed by atoms with E-state index >= 15 is 0 Å². The number of hydrogen-bond acceptors (Lipinski definition) is 4. The minimum absolute atomic E-state index is 0.0236. The number of aromatic amines is 1. The van der Waals surface area contributed by atoms with Crippen molar-refractivity contribution in [3.05, 3.63) is 65.3 Å². The number of fused-ring (bicyclic) bond motifs is 2. The number of aromatic nitrogens is 2. The van der Waals surface area contributed by atoms with Crippen molar-refractivity contribution in [2.45, 2.75) is 19.4 Å². The van der Waals surface area contributed by atoms with E-state index in [1.807, 2.05) is 36.4 Å². The molecule has 148 valence electrons. The molecule has 0 radical (unpaired) electrons. The number of nitrogens with one attached hydrogen (secondary N) is 2. The van der Waals surface area contributed by atoms with Crippen molar-refractivity contribution in [3.63, 3.8) is 0 Å². The summed E-state index contributed by atoms with van der Waals surface area (Å²) in [5.74, 6) is 0.455. The zero-order chi connectivity index (χ0) is 19.6. The summed E-state index contributed by atoms with van der Waals surface area (Å²) >= 11 is 1.78. The van der Waals surface area contributed by atoms with Crippen LogP contribution in [-0.2, 0) is 6.54 Å². The third kappa shape index (κ3) is 4.04. The molecule has 1 amide bonds. The Kier molecular flexibility index (Phi) is 5.04. The summed E-state index contributed by atoms with van der Waals surface area (Å²) in [5.41, 5.74) is 2.72. The van der Waals surface area contributed by atoms with Gasteiger partial charge < -0.3 is 10.3 Å². The lowest BCUT2D eigenvalue weighted by atomic mass is 9.98. The Morgan fingerprint density at radius 2 is 2.07 bits per heavy atom. The van der Waals surface area contributed by atoms with E-state index < -0.39 is 0 Å². The van der Waals surface area contributed by atoms with Crippen LogP contribution in [0.25, 0.3) is 21.1 Å². The molecule has 0 saturated carbocycles. The number of thiazole rings is 1. The van der Waals surface area contributed by atoms with Gasteiger partial charge in [0.2, 0.25) is 0 Å². The maximum absolute atomic E-state index is 12.6. The number of piperidine rings is 1. The number of rotatable bonds is 5. The van der Waals surface area contributed by atoms with Gasteiger partial charge in [0.1, 0.15) is 10.7 Å². The van der Waals surface area contributed by atoms with Gasteiger partial charge in [-0.25, -0.2) is 4.98 Å². The number of carbonyl (C=O) groups is 1. The Balaban J connectivity index is 1.18. The second-order valence-corrected chi connectivity index (χ2v) is 8.91. The molecule has 2 N–H and O–H groups in total. The van der Waals surface area contributed by atoms with Gasteiger partial charge in [-0.15, -0.1) is 11.3 Å². The molecule has 5 nitrogen and oxygen atoms in total. The summed E-state index contributed by atoms with van der Waals surface area (Å²) in [4.78, 5) is 23.0. The van der Waals surface area contributed by atoms with Gasteiger partial charge in [-0.1, -0.05) is 30.3 Å². The normalized spacial score (nSPS) is 17.7. The Hall–Kier alpha value is -2.70. The van der Waals surface area contributed by atoms with Gasteiger partial charge >= 0.3 is 0 Å². The van der Waals surface area contributed by atoms with Gasteiger partial charge in [-0.3, -0.25) is 9.69 Å². The molecule has 2 aromatic heterocycles. The number of nitrogens with zero attached hydrogens (tertiary/aromatic N) is 2. The number of likely N-dealkylation sites (tertiary alicyclic amines) is 1. The topological polar surface area (TPSA) is 61.0 Å². The largest absolute Gasteiger partial charge is 0.351 e. The molecule has 1 saturated heterocycles. The summed E-state index contributed by atoms with van der Waals surface area (Å²) in [6.07, 6.45) is 2.32. The van der Waals surface area contributed by atoms with Crippen molar-refractivity contribution in [1.82, 2.24) is 20.2 Å². The number of benzene rings is 2. The van der Waals surface area contributed by atoms with Crippen LogP contribution in [-0.4, -0.2) is 40.4 Å². The van der Waals surface area contributed by atoms with E-state index in [4.69, 9.17) is 4.98 Å². The maximum atomic E-state index is 12.6. The summed E-state index contributed by atoms with van der Waals surface area (Å²) in [7, 11) is 0. The van der Waals surface area contributed by atoms with E-state index in [1.54, 1.807) is 11.3 Å². The summed E-state index contributed by atoms with van der Waals surface area (Å²) in [5, 5.41) is 5.37. The first-order valence-corrected chi connectivity index (χ1v) is 11.0. The van der Waals surface area contributed by atoms with E-state index in [0.29, 0.717) is 18.2 Å². The van der Waals surface area contributed by atoms with Gasteiger partial charge in [0.05, 0.1) is 16.8 Å². The van der Waals surface area contributed by atoms with Crippen molar-refractivity contribution >= 4 is 38.4 Å². The highest BCUT2D eigenvalue weighted by Crippen LogP contribution is 2.25. The third-order valence-electron chi connectivity index (χ3n) is 5.63. The van der Waals surface area contributed by atoms with Gasteiger partial charge in [0.25, 0.3) is 5.91 Å². The zero-order valence-electron chi connectivity index (χ0n) is 16.2. The van der Waals surface area contributed by atoms with Crippen LogP contribution in [0.5, 0.6) is 0 Å². The maximum Gasteiger partial charge on any atom is 0.267 e. The number of H-pyrrole nitrogens is 1. The lowest BCUT2D eigenvalue weighted by molar-refractivity contribution is 0.0926. The highest BCUT2D eigenvalue weighted by Gasteiger charge is 2.22. The minimum atomic E-state index is -0.0236. The van der Waals surface area contributed by atoms with Crippen molar-refractivity contribution in [2.24, 2.45) is 5.92 Å². The van der Waals surface area contributed by atoms with Crippen LogP contribution in [0.3, 0.4) is 0 Å². The molecule has 0 unspecified atom stereocenters. The zero-order valence-corrected chi connectivity index (χ0v) is 17.0. The fraction of sp³-hybridized carbons (Fsp3) is 0.304. The molecule has 3 heterocycles. The average Bonchev–Trinajstić information content (AvgIpc) is 3.35. The van der Waals surface area contributed by atoms with Crippen LogP contribution < -0.4 is 5.32 Å². The number of para-hydroxylation sites is 2. The predicted molar refractivity (Wildman–Crippen MR) is 118 cm³/mol. The molecule has 0 bridgehead atoms. The van der Waals surface area contributed by atoms with E-state index in [0.717, 1.165) is 48.9 Å². The first kappa shape index (κ1) is 18.3. The predicted octanol–water partition coefficient (Wildman–Crippen LogP) is 4.42. The first-order valence-electron chi connectivity index (χ1n) is 10.2. The highest BCUT2D eigenvalue weighted by molar-refractivity contribution is 7.18. The Bertz CT molecular complexity index is 1080. The van der Waals surface area contributed by atoms with E-state index in [1.165, 1.54) is 9.71 Å². The Morgan fingerprint density at radius 1 is 1.21 bits per heavy atom. The second kappa shape index (κ2) is 7.97. The molecule has 0 spiro atoms. The second-order valence-electron chi connectivity index (χ2n) is 7.80. The minimum Gasteiger partial charge on any atom is -0.351 e. The molecule has 1 aliphatic rings. The van der Waals surface area contributed by atoms with E-state index in [2.05, 4.69) is 33.4 Å². The molecule has 0 aliphatic carbocycles. The fourth-order valence-corrected chi connectivity index (χ4v) is 5.18. The lowest BCUT2D eigenvalue weighted by Gasteiger charge is -2.32. The fourth-order valence-electron chi connectivity index (χ4n) is 4.17. The monoisotopic (exact) mass is 404 g/mol. The molecule has 1 fully saturated rings. The van der Waals surface area contributed by atoms with Crippen LogP contribution in [0.1, 0.15) is 28.3 Å². The Labute approximate surface area is 173 Å². The van der Waals surface area contributed by atoms with Crippen LogP contribution in [0.15, 0.2) is 54.6 Å². The van der Waals surface area contributed by atoms with Gasteiger partial charge in [0.15, 0.2) is 0 Å². The van der Waals surface area contributed by atoms with Crippen molar-refractivity contribution < 1.29 is 4.79 Å². The number of carbonyl (C=O) groups excluding carboxylic acids is 1. The Morgan fingerprint density at radius 3 is 2.97 bits per heavy atom. The van der Waals surface area contributed by atoms with Crippen LogP contribution in [0.2, 0.25) is 0 Å². The van der Waals surface area contributed by atoms with Gasteiger partial charge in [-0.05, 0) is 49.6 Å². The SMILES string of the molecule is O=C(NC[C@H]1CCCN(Cc2nc3ccccc3s2)C1)c1cc2ccccc2[nH]1. The summed E-state index contributed by atoms with van der Waals surface area (Å²) in [6.45, 7) is 3.71. The van der Waals surface area contributed by atoms with E-state index in [-0.39, 0.29) is 5.91 Å². The standard InChI is InChI=1S/C23H24N4OS/c28-23(20-12-17-7-1-2-8-18(17)25-20)24-13-16-6-5-11-27(14-16)15-22-26-19-9-3-4-10-21(19)29-22/h1-4,7-10,12,16,25H,5-6,11,13-15H2,(H,24,28)/t16-/m1/s1. The molecule has 2 aromatic carbocycles. The molecule has 6 heteroatoms. The van der Waals surface area contributed by atoms with E-state index in [9.17, 15) is 4.79 Å². The van der Waals surface area contributed by atoms with Crippen LogP contribution >= 0.6 is 11.3 Å². The quantitative estimate of drug-likeness (QED) is 0.518. The molecule has 1 atom stereocenters. The van der Waals surface area contributed by atoms with Crippen molar-refractivity contribution in [3.8, 4) is 0 Å². The lowest BCUT2D eigenvalue weighted by Crippen LogP contribution is -2.40. The number of hydrogen-bond donors (Lipinski definition) is 2. The van der Waals surface area contributed by atoms with Gasteiger partial charge in [-0.2, -0.15) is 0 Å². The van der Waals surface area contributed by atoms with Crippen molar-refractivity contribution in [1.29, 1.82) is 0 Å². The molecular weight excluding hydrogens is 380 g/mol. The summed E-state index contributed by atoms with van der Waals surface area (Å²) < 4.78 is 1.25. The van der Waals surface area contributed by atoms with Crippen molar-refractivity contribution in [2.75, 3.05) is 19.6 Å². The average molecular weight is 405 g/mol. The van der Waals surface area contributed by atoms with Gasteiger partial charge in [0, 0.05) is 24.0 Å². The first-order chi connectivity index (χ1) is 14.2. The van der Waals surface area contributed by atoms with Crippen LogP contribution in [0.4, 0.5) is 0 Å². The smallest absolute Gasteiger partial charge is 0.267 e. The number of amides is 1. The molecule has 5 rings (SSSR count). The molecule has 29 heavy (non-hydrogen) atoms. The molecule has 1 aliphatic heterocycles. The molecular formula is C23H24N4OS. The molecule has 4 aromatic rings. The van der Waals surface area contributed by atoms with Crippen LogP contribution in [0, 0.1) is 5.92 Å². The highest BCUT2D eigenvalue weighted by atomic mass is 32.1. The third-order valence-corrected chi connectivity index (χ3v) is 6.65. The summed E-state index contributed by atoms with van der Waals surface area (Å²) in [6, 6.07) is 18.2.